The lowest BCUT2D eigenvalue weighted by Gasteiger charge is -2.33. The molecular weight excluding hydrogens is 368 g/mol. The van der Waals surface area contributed by atoms with E-state index in [2.05, 4.69) is 49.7 Å². The Hall–Kier alpha value is -2.40. The van der Waals surface area contributed by atoms with Crippen molar-refractivity contribution < 1.29 is 9.90 Å². The summed E-state index contributed by atoms with van der Waals surface area (Å²) in [6, 6.07) is 16.2. The van der Waals surface area contributed by atoms with Crippen LogP contribution in [0.3, 0.4) is 0 Å². The monoisotopic (exact) mass is 382 g/mol. The third-order valence-electron chi connectivity index (χ3n) is 4.69. The van der Waals surface area contributed by atoms with Crippen LogP contribution in [0.25, 0.3) is 11.4 Å². The number of fused-ring (bicyclic) bond motifs is 3. The van der Waals surface area contributed by atoms with Gasteiger partial charge in [0.1, 0.15) is 5.82 Å². The van der Waals surface area contributed by atoms with Crippen molar-refractivity contribution in [3.63, 3.8) is 0 Å². The van der Waals surface area contributed by atoms with Gasteiger partial charge in [0.15, 0.2) is 0 Å². The lowest BCUT2D eigenvalue weighted by Crippen LogP contribution is -2.33. The fourth-order valence-electron chi connectivity index (χ4n) is 3.69. The van der Waals surface area contributed by atoms with E-state index in [9.17, 15) is 9.90 Å². The number of carbonyl (C=O) groups is 1. The Kier molecular flexibility index (Phi) is 3.53. The maximum absolute atomic E-state index is 11.3. The number of rotatable bonds is 4. The van der Waals surface area contributed by atoms with E-state index in [1.165, 1.54) is 0 Å². The fraction of sp³-hybridized carbons (Fsp3) is 0.158. The first-order valence-electron chi connectivity index (χ1n) is 7.74. The molecule has 5 heteroatoms. The van der Waals surface area contributed by atoms with E-state index in [4.69, 9.17) is 0 Å². The molecule has 3 aromatic rings. The molecule has 120 valence electrons. The topological polar surface area (TPSA) is 55.1 Å². The summed E-state index contributed by atoms with van der Waals surface area (Å²) in [6.07, 6.45) is 4.28. The zero-order chi connectivity index (χ0) is 16.7. The second-order valence-corrected chi connectivity index (χ2v) is 6.84. The lowest BCUT2D eigenvalue weighted by atomic mass is 9.79. The summed E-state index contributed by atoms with van der Waals surface area (Å²) < 4.78 is 3.11. The summed E-state index contributed by atoms with van der Waals surface area (Å²) >= 11 is 3.48. The average Bonchev–Trinajstić information content (AvgIpc) is 3.15. The van der Waals surface area contributed by atoms with E-state index < -0.39 is 11.5 Å². The molecule has 24 heavy (non-hydrogen) atoms. The van der Waals surface area contributed by atoms with E-state index in [1.807, 2.05) is 30.5 Å². The Morgan fingerprint density at radius 2 is 1.92 bits per heavy atom. The highest BCUT2D eigenvalue weighted by Crippen LogP contribution is 2.49. The largest absolute Gasteiger partial charge is 0.481 e. The van der Waals surface area contributed by atoms with Gasteiger partial charge in [-0.3, -0.25) is 4.79 Å². The number of hydrogen-bond acceptors (Lipinski definition) is 2. The highest BCUT2D eigenvalue weighted by molar-refractivity contribution is 9.10. The molecule has 4 nitrogen and oxygen atoms in total. The van der Waals surface area contributed by atoms with Gasteiger partial charge < -0.3 is 9.67 Å². The minimum Gasteiger partial charge on any atom is -0.481 e. The molecule has 0 radical (unpaired) electrons. The van der Waals surface area contributed by atoms with Gasteiger partial charge in [0.05, 0.1) is 5.54 Å². The smallest absolute Gasteiger partial charge is 0.303 e. The summed E-state index contributed by atoms with van der Waals surface area (Å²) in [4.78, 5) is 15.8. The summed E-state index contributed by atoms with van der Waals surface area (Å²) in [5.74, 6) is 0.0939. The highest BCUT2D eigenvalue weighted by atomic mass is 79.9. The van der Waals surface area contributed by atoms with Crippen molar-refractivity contribution in [2.45, 2.75) is 18.4 Å². The molecule has 1 aliphatic rings. The molecule has 1 atom stereocenters. The maximum Gasteiger partial charge on any atom is 0.303 e. The fourth-order valence-corrected chi connectivity index (χ4v) is 3.95. The van der Waals surface area contributed by atoms with Crippen LogP contribution in [0, 0.1) is 0 Å². The molecule has 1 unspecified atom stereocenters. The van der Waals surface area contributed by atoms with Gasteiger partial charge in [-0.15, -0.1) is 0 Å². The first-order chi connectivity index (χ1) is 11.6. The summed E-state index contributed by atoms with van der Waals surface area (Å²) in [5.41, 5.74) is 2.70. The van der Waals surface area contributed by atoms with Crippen molar-refractivity contribution in [2.75, 3.05) is 0 Å². The van der Waals surface area contributed by atoms with E-state index >= 15 is 0 Å². The van der Waals surface area contributed by atoms with Crippen molar-refractivity contribution in [1.29, 1.82) is 0 Å². The van der Waals surface area contributed by atoms with Gasteiger partial charge in [0.25, 0.3) is 0 Å². The molecule has 0 aliphatic carbocycles. The Labute approximate surface area is 147 Å². The van der Waals surface area contributed by atoms with Crippen LogP contribution >= 0.6 is 15.9 Å². The third-order valence-corrected chi connectivity index (χ3v) is 5.22. The number of hydrogen-bond donors (Lipinski definition) is 1. The normalized spacial score (nSPS) is 18.2. The summed E-state index contributed by atoms with van der Waals surface area (Å²) in [7, 11) is 0. The number of halogens is 1. The van der Waals surface area contributed by atoms with Crippen LogP contribution < -0.4 is 0 Å². The van der Waals surface area contributed by atoms with Crippen LogP contribution in [0.15, 0.2) is 65.4 Å². The van der Waals surface area contributed by atoms with Gasteiger partial charge in [-0.25, -0.2) is 4.98 Å². The van der Waals surface area contributed by atoms with Crippen LogP contribution in [-0.4, -0.2) is 20.6 Å². The molecule has 1 N–H and O–H groups in total. The van der Waals surface area contributed by atoms with Gasteiger partial charge in [-0.1, -0.05) is 52.3 Å². The number of aromatic nitrogens is 2. The number of imidazole rings is 1. The number of nitrogens with zero attached hydrogens (tertiary/aromatic N) is 2. The maximum atomic E-state index is 11.3. The first kappa shape index (κ1) is 15.1. The van der Waals surface area contributed by atoms with Crippen LogP contribution in [0.1, 0.15) is 24.0 Å². The lowest BCUT2D eigenvalue weighted by molar-refractivity contribution is -0.137. The molecule has 1 aromatic heterocycles. The molecule has 0 amide bonds. The predicted molar refractivity (Wildman–Crippen MR) is 94.9 cm³/mol. The molecule has 0 saturated heterocycles. The Balaban J connectivity index is 2.00. The average molecular weight is 383 g/mol. The van der Waals surface area contributed by atoms with Crippen LogP contribution in [0.2, 0.25) is 0 Å². The van der Waals surface area contributed by atoms with Gasteiger partial charge in [0.2, 0.25) is 0 Å². The van der Waals surface area contributed by atoms with Crippen molar-refractivity contribution in [3.05, 3.63) is 76.5 Å². The van der Waals surface area contributed by atoms with E-state index in [0.717, 1.165) is 27.0 Å². The zero-order valence-electron chi connectivity index (χ0n) is 12.8. The second kappa shape index (κ2) is 5.60. The minimum absolute atomic E-state index is 0.0853. The van der Waals surface area contributed by atoms with Crippen LogP contribution in [0.4, 0.5) is 0 Å². The van der Waals surface area contributed by atoms with Gasteiger partial charge in [0, 0.05) is 28.9 Å². The quantitative estimate of drug-likeness (QED) is 0.732. The van der Waals surface area contributed by atoms with Crippen LogP contribution in [-0.2, 0) is 10.3 Å². The predicted octanol–water partition coefficient (Wildman–Crippen LogP) is 4.28. The van der Waals surface area contributed by atoms with Gasteiger partial charge in [-0.05, 0) is 29.7 Å². The molecule has 0 fully saturated rings. The Bertz CT molecular complexity index is 917. The zero-order valence-corrected chi connectivity index (χ0v) is 14.4. The highest BCUT2D eigenvalue weighted by Gasteiger charge is 2.44. The van der Waals surface area contributed by atoms with Crippen LogP contribution in [0.5, 0.6) is 0 Å². The summed E-state index contributed by atoms with van der Waals surface area (Å²) in [6.45, 7) is 0. The molecule has 0 spiro atoms. The molecular formula is C19H15BrN2O2. The summed E-state index contributed by atoms with van der Waals surface area (Å²) in [5, 5.41) is 9.29. The first-order valence-corrected chi connectivity index (χ1v) is 8.54. The molecule has 4 rings (SSSR count). The third kappa shape index (κ3) is 2.12. The molecule has 1 aliphatic heterocycles. The van der Waals surface area contributed by atoms with Gasteiger partial charge >= 0.3 is 5.97 Å². The minimum atomic E-state index is -0.794. The van der Waals surface area contributed by atoms with Crippen molar-refractivity contribution in [1.82, 2.24) is 9.55 Å². The van der Waals surface area contributed by atoms with Crippen molar-refractivity contribution >= 4 is 21.9 Å². The number of benzene rings is 2. The number of carboxylic acids is 1. The Morgan fingerprint density at radius 1 is 1.17 bits per heavy atom. The number of carboxylic acid groups (broad SMARTS) is 1. The standard InChI is InChI=1S/C19H15BrN2O2/c20-14-7-5-13(6-8-14)19(10-9-17(23)24)16-4-2-1-3-15(16)18-21-11-12-22(18)19/h1-8,11-12H,9-10H2,(H,23,24). The molecule has 0 saturated carbocycles. The second-order valence-electron chi connectivity index (χ2n) is 5.93. The van der Waals surface area contributed by atoms with E-state index in [0.29, 0.717) is 6.42 Å². The SMILES string of the molecule is O=C(O)CCC1(c2ccc(Br)cc2)c2ccccc2-c2nccn21. The number of aliphatic carboxylic acids is 1. The van der Waals surface area contributed by atoms with E-state index in [-0.39, 0.29) is 6.42 Å². The molecule has 2 aromatic carbocycles. The van der Waals surface area contributed by atoms with Gasteiger partial charge in [-0.2, -0.15) is 0 Å². The molecule has 0 bridgehead atoms. The van der Waals surface area contributed by atoms with Crippen molar-refractivity contribution in [3.8, 4) is 11.4 Å². The van der Waals surface area contributed by atoms with Crippen molar-refractivity contribution in [2.24, 2.45) is 0 Å². The Morgan fingerprint density at radius 3 is 2.67 bits per heavy atom. The molecule has 2 heterocycles. The van der Waals surface area contributed by atoms with E-state index in [1.54, 1.807) is 6.20 Å².